The van der Waals surface area contributed by atoms with E-state index in [0.29, 0.717) is 0 Å². The van der Waals surface area contributed by atoms with Gasteiger partial charge < -0.3 is 4.74 Å². The largest absolute Gasteiger partial charge is 0.377 e. The number of nitrogens with zero attached hydrogens (tertiary/aromatic N) is 2. The monoisotopic (exact) mass is 280 g/mol. The van der Waals surface area contributed by atoms with Gasteiger partial charge in [0.15, 0.2) is 0 Å². The minimum absolute atomic E-state index is 0.139. The molecule has 0 bridgehead atoms. The Kier molecular flexibility index (Phi) is 5.57. The quantitative estimate of drug-likeness (QED) is 0.475. The number of ether oxygens (including phenoxy) is 1. The minimum Gasteiger partial charge on any atom is -0.377 e. The van der Waals surface area contributed by atoms with E-state index in [0.717, 1.165) is 25.8 Å². The Morgan fingerprint density at radius 1 is 1.40 bits per heavy atom. The minimum atomic E-state index is -0.139. The highest BCUT2D eigenvalue weighted by Crippen LogP contribution is 2.34. The number of aryl methyl sites for hydroxylation is 1. The van der Waals surface area contributed by atoms with Crippen LogP contribution in [0.4, 0.5) is 0 Å². The molecule has 1 fully saturated rings. The van der Waals surface area contributed by atoms with Crippen LogP contribution in [0.15, 0.2) is 12.4 Å². The second kappa shape index (κ2) is 7.20. The Morgan fingerprint density at radius 3 is 2.60 bits per heavy atom. The molecule has 1 saturated carbocycles. The van der Waals surface area contributed by atoms with Crippen molar-refractivity contribution in [3.05, 3.63) is 18.0 Å². The van der Waals surface area contributed by atoms with Gasteiger partial charge in [0, 0.05) is 19.9 Å². The summed E-state index contributed by atoms with van der Waals surface area (Å²) in [5.74, 6) is 5.85. The number of hydrogen-bond acceptors (Lipinski definition) is 4. The molecule has 1 aromatic heterocycles. The average molecular weight is 280 g/mol. The summed E-state index contributed by atoms with van der Waals surface area (Å²) in [5.41, 5.74) is 4.08. The lowest BCUT2D eigenvalue weighted by atomic mass is 9.83. The fraction of sp³-hybridized carbons (Fsp3) is 0.800. The van der Waals surface area contributed by atoms with Crippen LogP contribution < -0.4 is 11.3 Å². The highest BCUT2D eigenvalue weighted by atomic mass is 16.5. The molecule has 0 radical (unpaired) electrons. The summed E-state index contributed by atoms with van der Waals surface area (Å²) in [6.07, 6.45) is 12.1. The van der Waals surface area contributed by atoms with Gasteiger partial charge in [0.25, 0.3) is 0 Å². The lowest BCUT2D eigenvalue weighted by molar-refractivity contribution is -0.0527. The molecule has 5 nitrogen and oxygen atoms in total. The first kappa shape index (κ1) is 15.5. The third kappa shape index (κ3) is 3.40. The molecule has 0 amide bonds. The summed E-state index contributed by atoms with van der Waals surface area (Å²) in [6, 6.07) is 0.139. The van der Waals surface area contributed by atoms with Gasteiger partial charge >= 0.3 is 0 Å². The molecular weight excluding hydrogens is 252 g/mol. The number of hydrogen-bond donors (Lipinski definition) is 2. The van der Waals surface area contributed by atoms with Crippen molar-refractivity contribution in [1.82, 2.24) is 15.2 Å². The van der Waals surface area contributed by atoms with E-state index >= 15 is 0 Å². The summed E-state index contributed by atoms with van der Waals surface area (Å²) in [4.78, 5) is 0. The van der Waals surface area contributed by atoms with Gasteiger partial charge in [0.1, 0.15) is 0 Å². The first-order valence-electron chi connectivity index (χ1n) is 7.76. The van der Waals surface area contributed by atoms with Crippen molar-refractivity contribution in [3.8, 4) is 0 Å². The molecule has 0 spiro atoms. The van der Waals surface area contributed by atoms with Crippen molar-refractivity contribution in [2.24, 2.45) is 5.84 Å². The molecule has 3 N–H and O–H groups in total. The zero-order chi connectivity index (χ0) is 14.4. The van der Waals surface area contributed by atoms with E-state index in [1.807, 2.05) is 18.0 Å². The summed E-state index contributed by atoms with van der Waals surface area (Å²) in [7, 11) is 1.82. The maximum atomic E-state index is 5.95. The molecule has 20 heavy (non-hydrogen) atoms. The van der Waals surface area contributed by atoms with Crippen LogP contribution in [0, 0.1) is 0 Å². The van der Waals surface area contributed by atoms with Crippen molar-refractivity contribution in [2.45, 2.75) is 70.1 Å². The lowest BCUT2D eigenvalue weighted by Crippen LogP contribution is -2.55. The molecule has 1 heterocycles. The van der Waals surface area contributed by atoms with Crippen LogP contribution in [0.3, 0.4) is 0 Å². The molecule has 1 atom stereocenters. The van der Waals surface area contributed by atoms with Crippen LogP contribution in [0.2, 0.25) is 0 Å². The Bertz CT molecular complexity index is 396. The molecule has 0 saturated heterocycles. The van der Waals surface area contributed by atoms with Crippen LogP contribution in [0.1, 0.15) is 51.0 Å². The van der Waals surface area contributed by atoms with Crippen molar-refractivity contribution in [2.75, 3.05) is 7.11 Å². The molecule has 5 heteroatoms. The van der Waals surface area contributed by atoms with Gasteiger partial charge in [-0.15, -0.1) is 0 Å². The molecular formula is C15H28N4O. The standard InChI is InChI=1S/C15H28N4O/c1-3-19-12-13(11-17-19)10-14(18-16)15(20-2)8-6-4-5-7-9-15/h11-12,14,18H,3-10,16H2,1-2H3. The highest BCUT2D eigenvalue weighted by Gasteiger charge is 2.38. The smallest absolute Gasteiger partial charge is 0.0847 e. The van der Waals surface area contributed by atoms with Crippen LogP contribution >= 0.6 is 0 Å². The van der Waals surface area contributed by atoms with E-state index in [9.17, 15) is 0 Å². The number of hydrazine groups is 1. The topological polar surface area (TPSA) is 65.1 Å². The van der Waals surface area contributed by atoms with Gasteiger partial charge in [-0.3, -0.25) is 16.0 Å². The second-order valence-corrected chi connectivity index (χ2v) is 5.81. The SMILES string of the molecule is CCn1cc(CC(NN)C2(OC)CCCCCC2)cn1. The number of aromatic nitrogens is 2. The fourth-order valence-corrected chi connectivity index (χ4v) is 3.34. The second-order valence-electron chi connectivity index (χ2n) is 5.81. The molecule has 1 aromatic rings. The summed E-state index contributed by atoms with van der Waals surface area (Å²) >= 11 is 0. The van der Waals surface area contributed by atoms with Crippen molar-refractivity contribution < 1.29 is 4.74 Å². The third-order valence-corrected chi connectivity index (χ3v) is 4.64. The van der Waals surface area contributed by atoms with Gasteiger partial charge in [0.2, 0.25) is 0 Å². The summed E-state index contributed by atoms with van der Waals surface area (Å²) < 4.78 is 7.90. The fourth-order valence-electron chi connectivity index (χ4n) is 3.34. The predicted octanol–water partition coefficient (Wildman–Crippen LogP) is 2.02. The van der Waals surface area contributed by atoms with Crippen LogP contribution in [-0.4, -0.2) is 28.5 Å². The maximum Gasteiger partial charge on any atom is 0.0847 e. The maximum absolute atomic E-state index is 5.95. The zero-order valence-electron chi connectivity index (χ0n) is 12.8. The van der Waals surface area contributed by atoms with E-state index in [1.165, 1.54) is 31.2 Å². The van der Waals surface area contributed by atoms with Crippen molar-refractivity contribution in [1.29, 1.82) is 0 Å². The first-order valence-corrected chi connectivity index (χ1v) is 7.76. The third-order valence-electron chi connectivity index (χ3n) is 4.64. The van der Waals surface area contributed by atoms with E-state index in [4.69, 9.17) is 10.6 Å². The number of nitrogens with two attached hydrogens (primary N) is 1. The van der Waals surface area contributed by atoms with E-state index in [2.05, 4.69) is 23.6 Å². The Morgan fingerprint density at radius 2 is 2.10 bits per heavy atom. The Labute approximate surface area is 121 Å². The number of methoxy groups -OCH3 is 1. The van der Waals surface area contributed by atoms with Gasteiger partial charge in [-0.2, -0.15) is 5.10 Å². The Hall–Kier alpha value is -0.910. The average Bonchev–Trinajstić information content (AvgIpc) is 2.80. The molecule has 114 valence electrons. The zero-order valence-corrected chi connectivity index (χ0v) is 12.8. The van der Waals surface area contributed by atoms with Gasteiger partial charge in [0.05, 0.1) is 17.8 Å². The van der Waals surface area contributed by atoms with E-state index in [1.54, 1.807) is 0 Å². The number of nitrogens with one attached hydrogen (secondary N) is 1. The molecule has 1 aliphatic carbocycles. The van der Waals surface area contributed by atoms with Gasteiger partial charge in [-0.1, -0.05) is 25.7 Å². The van der Waals surface area contributed by atoms with Gasteiger partial charge in [-0.25, -0.2) is 0 Å². The molecule has 2 rings (SSSR count). The van der Waals surface area contributed by atoms with Crippen molar-refractivity contribution in [3.63, 3.8) is 0 Å². The van der Waals surface area contributed by atoms with Crippen LogP contribution in [0.25, 0.3) is 0 Å². The molecule has 0 aromatic carbocycles. The summed E-state index contributed by atoms with van der Waals surface area (Å²) in [5, 5.41) is 4.34. The predicted molar refractivity (Wildman–Crippen MR) is 80.2 cm³/mol. The molecule has 0 aliphatic heterocycles. The van der Waals surface area contributed by atoms with E-state index < -0.39 is 0 Å². The van der Waals surface area contributed by atoms with Crippen molar-refractivity contribution >= 4 is 0 Å². The van der Waals surface area contributed by atoms with Crippen LogP contribution in [-0.2, 0) is 17.7 Å². The highest BCUT2D eigenvalue weighted by molar-refractivity contribution is 5.09. The van der Waals surface area contributed by atoms with Gasteiger partial charge in [-0.05, 0) is 31.7 Å². The van der Waals surface area contributed by atoms with E-state index in [-0.39, 0.29) is 11.6 Å². The lowest BCUT2D eigenvalue weighted by Gasteiger charge is -2.39. The Balaban J connectivity index is 2.11. The molecule has 1 unspecified atom stereocenters. The first-order chi connectivity index (χ1) is 9.74. The van der Waals surface area contributed by atoms with Crippen LogP contribution in [0.5, 0.6) is 0 Å². The molecule has 1 aliphatic rings. The normalized spacial score (nSPS) is 20.6. The number of rotatable bonds is 6. The summed E-state index contributed by atoms with van der Waals surface area (Å²) in [6.45, 7) is 2.99.